The molecular formula is C22H19F2N3O3. The number of nitrogens with one attached hydrogen (secondary N) is 3. The molecule has 0 saturated carbocycles. The second-order valence-corrected chi connectivity index (χ2v) is 6.41. The molecule has 0 saturated heterocycles. The van der Waals surface area contributed by atoms with E-state index in [0.29, 0.717) is 23.0 Å². The minimum atomic E-state index is -1.33. The lowest BCUT2D eigenvalue weighted by atomic mass is 10.1. The van der Waals surface area contributed by atoms with Crippen molar-refractivity contribution in [3.63, 3.8) is 0 Å². The highest BCUT2D eigenvalue weighted by atomic mass is 19.1. The molecule has 6 nitrogen and oxygen atoms in total. The van der Waals surface area contributed by atoms with Gasteiger partial charge in [-0.05, 0) is 42.5 Å². The maximum atomic E-state index is 13.7. The molecule has 0 aromatic heterocycles. The number of para-hydroxylation sites is 1. The highest BCUT2D eigenvalue weighted by Crippen LogP contribution is 2.17. The Hall–Kier alpha value is -3.78. The molecule has 0 bridgehead atoms. The molecule has 8 heteroatoms. The molecule has 3 amide bonds. The topological polar surface area (TPSA) is 90.5 Å². The predicted molar refractivity (Wildman–Crippen MR) is 109 cm³/mol. The minimum Gasteiger partial charge on any atom is -0.386 e. The molecule has 3 rings (SSSR count). The average Bonchev–Trinajstić information content (AvgIpc) is 2.73. The van der Waals surface area contributed by atoms with Crippen molar-refractivity contribution in [3.8, 4) is 0 Å². The van der Waals surface area contributed by atoms with E-state index >= 15 is 0 Å². The SMILES string of the molecule is O=C(NCC(O)c1ccc(F)cc1F)Nc1ccc(C(=O)Nc2ccccc2)cc1. The summed E-state index contributed by atoms with van der Waals surface area (Å²) in [6.45, 7) is -0.272. The zero-order valence-corrected chi connectivity index (χ0v) is 15.7. The largest absolute Gasteiger partial charge is 0.386 e. The number of hydrogen-bond donors (Lipinski definition) is 4. The van der Waals surface area contributed by atoms with Crippen LogP contribution in [-0.4, -0.2) is 23.6 Å². The van der Waals surface area contributed by atoms with E-state index in [-0.39, 0.29) is 18.0 Å². The van der Waals surface area contributed by atoms with Crippen LogP contribution in [0.15, 0.2) is 72.8 Å². The van der Waals surface area contributed by atoms with Gasteiger partial charge in [0.25, 0.3) is 5.91 Å². The summed E-state index contributed by atoms with van der Waals surface area (Å²) in [6.07, 6.45) is -1.33. The van der Waals surface area contributed by atoms with Crippen molar-refractivity contribution in [2.45, 2.75) is 6.10 Å². The Bertz CT molecular complexity index is 1030. The van der Waals surface area contributed by atoms with Crippen LogP contribution in [0.1, 0.15) is 22.0 Å². The van der Waals surface area contributed by atoms with Gasteiger partial charge in [-0.15, -0.1) is 0 Å². The van der Waals surface area contributed by atoms with Crippen LogP contribution in [0, 0.1) is 11.6 Å². The number of hydrogen-bond acceptors (Lipinski definition) is 3. The van der Waals surface area contributed by atoms with Gasteiger partial charge in [0.05, 0.1) is 6.10 Å². The van der Waals surface area contributed by atoms with Crippen molar-refractivity contribution >= 4 is 23.3 Å². The number of aliphatic hydroxyl groups is 1. The molecule has 30 heavy (non-hydrogen) atoms. The van der Waals surface area contributed by atoms with Gasteiger partial charge in [0.2, 0.25) is 0 Å². The molecular weight excluding hydrogens is 392 g/mol. The summed E-state index contributed by atoms with van der Waals surface area (Å²) < 4.78 is 26.6. The molecule has 3 aromatic rings. The summed E-state index contributed by atoms with van der Waals surface area (Å²) in [5, 5.41) is 17.7. The van der Waals surface area contributed by atoms with E-state index in [9.17, 15) is 23.5 Å². The average molecular weight is 411 g/mol. The number of rotatable bonds is 6. The highest BCUT2D eigenvalue weighted by Gasteiger charge is 2.15. The molecule has 1 unspecified atom stereocenters. The fourth-order valence-corrected chi connectivity index (χ4v) is 2.68. The fourth-order valence-electron chi connectivity index (χ4n) is 2.68. The summed E-state index contributed by atoms with van der Waals surface area (Å²) in [5.74, 6) is -1.94. The lowest BCUT2D eigenvalue weighted by Gasteiger charge is -2.14. The van der Waals surface area contributed by atoms with Crippen LogP contribution in [0.3, 0.4) is 0 Å². The Kier molecular flexibility index (Phi) is 6.71. The van der Waals surface area contributed by atoms with E-state index in [1.807, 2.05) is 18.2 Å². The quantitative estimate of drug-likeness (QED) is 0.493. The second kappa shape index (κ2) is 9.62. The third kappa shape index (κ3) is 5.62. The van der Waals surface area contributed by atoms with E-state index < -0.39 is 23.8 Å². The van der Waals surface area contributed by atoms with Gasteiger partial charge in [-0.3, -0.25) is 4.79 Å². The van der Waals surface area contributed by atoms with Gasteiger partial charge < -0.3 is 21.1 Å². The first-order chi connectivity index (χ1) is 14.4. The zero-order chi connectivity index (χ0) is 21.5. The fraction of sp³-hybridized carbons (Fsp3) is 0.0909. The number of urea groups is 1. The van der Waals surface area contributed by atoms with E-state index in [4.69, 9.17) is 0 Å². The van der Waals surface area contributed by atoms with Gasteiger partial charge in [0, 0.05) is 35.1 Å². The normalized spacial score (nSPS) is 11.4. The number of aliphatic hydroxyl groups excluding tert-OH is 1. The molecule has 0 fully saturated rings. The molecule has 0 aliphatic carbocycles. The molecule has 4 N–H and O–H groups in total. The van der Waals surface area contributed by atoms with Gasteiger partial charge >= 0.3 is 6.03 Å². The Morgan fingerprint density at radius 1 is 0.867 bits per heavy atom. The summed E-state index contributed by atoms with van der Waals surface area (Å²) in [7, 11) is 0. The van der Waals surface area contributed by atoms with Gasteiger partial charge in [0.15, 0.2) is 0 Å². The van der Waals surface area contributed by atoms with Crippen molar-refractivity contribution in [1.82, 2.24) is 5.32 Å². The Morgan fingerprint density at radius 2 is 1.53 bits per heavy atom. The first-order valence-electron chi connectivity index (χ1n) is 9.06. The van der Waals surface area contributed by atoms with Crippen LogP contribution in [0.4, 0.5) is 25.0 Å². The first kappa shape index (κ1) is 20.9. The third-order valence-corrected chi connectivity index (χ3v) is 4.21. The molecule has 0 spiro atoms. The van der Waals surface area contributed by atoms with Gasteiger partial charge in [-0.2, -0.15) is 0 Å². The number of benzene rings is 3. The van der Waals surface area contributed by atoms with Crippen LogP contribution < -0.4 is 16.0 Å². The van der Waals surface area contributed by atoms with Crippen molar-refractivity contribution in [2.75, 3.05) is 17.2 Å². The monoisotopic (exact) mass is 411 g/mol. The number of amides is 3. The summed E-state index contributed by atoms with van der Waals surface area (Å²) in [4.78, 5) is 24.2. The van der Waals surface area contributed by atoms with Gasteiger partial charge in [-0.25, -0.2) is 13.6 Å². The number of carbonyl (C=O) groups is 2. The van der Waals surface area contributed by atoms with Crippen LogP contribution in [-0.2, 0) is 0 Å². The van der Waals surface area contributed by atoms with Crippen molar-refractivity contribution in [1.29, 1.82) is 0 Å². The lowest BCUT2D eigenvalue weighted by molar-refractivity contribution is 0.102. The lowest BCUT2D eigenvalue weighted by Crippen LogP contribution is -2.32. The molecule has 1 atom stereocenters. The summed E-state index contributed by atoms with van der Waals surface area (Å²) >= 11 is 0. The first-order valence-corrected chi connectivity index (χ1v) is 9.06. The van der Waals surface area contributed by atoms with Crippen molar-refractivity contribution < 1.29 is 23.5 Å². The molecule has 0 aliphatic rings. The van der Waals surface area contributed by atoms with Crippen LogP contribution in [0.5, 0.6) is 0 Å². The number of carbonyl (C=O) groups excluding carboxylic acids is 2. The smallest absolute Gasteiger partial charge is 0.319 e. The molecule has 0 heterocycles. The molecule has 3 aromatic carbocycles. The zero-order valence-electron chi connectivity index (χ0n) is 15.7. The predicted octanol–water partition coefficient (Wildman–Crippen LogP) is 4.07. The number of halogens is 2. The molecule has 0 aliphatic heterocycles. The maximum Gasteiger partial charge on any atom is 0.319 e. The minimum absolute atomic E-state index is 0.120. The summed E-state index contributed by atoms with van der Waals surface area (Å²) in [5.41, 5.74) is 1.38. The van der Waals surface area contributed by atoms with Crippen LogP contribution in [0.25, 0.3) is 0 Å². The Morgan fingerprint density at radius 3 is 2.20 bits per heavy atom. The highest BCUT2D eigenvalue weighted by molar-refractivity contribution is 6.04. The van der Waals surface area contributed by atoms with E-state index in [1.54, 1.807) is 36.4 Å². The maximum absolute atomic E-state index is 13.7. The molecule has 154 valence electrons. The van der Waals surface area contributed by atoms with Gasteiger partial charge in [-0.1, -0.05) is 24.3 Å². The van der Waals surface area contributed by atoms with E-state index in [1.165, 1.54) is 0 Å². The third-order valence-electron chi connectivity index (χ3n) is 4.21. The molecule has 0 radical (unpaired) electrons. The Balaban J connectivity index is 1.51. The van der Waals surface area contributed by atoms with Crippen molar-refractivity contribution in [3.05, 3.63) is 95.6 Å². The van der Waals surface area contributed by atoms with Crippen LogP contribution in [0.2, 0.25) is 0 Å². The van der Waals surface area contributed by atoms with Crippen LogP contribution >= 0.6 is 0 Å². The van der Waals surface area contributed by atoms with E-state index in [0.717, 1.165) is 12.1 Å². The summed E-state index contributed by atoms with van der Waals surface area (Å²) in [6, 6.07) is 17.4. The standard InChI is InChI=1S/C22H19F2N3O3/c23-15-8-11-18(19(24)12-15)20(28)13-25-22(30)27-17-9-6-14(7-10-17)21(29)26-16-4-2-1-3-5-16/h1-12,20,28H,13H2,(H,26,29)(H2,25,27,30). The second-order valence-electron chi connectivity index (χ2n) is 6.41. The van der Waals surface area contributed by atoms with Crippen molar-refractivity contribution in [2.24, 2.45) is 0 Å². The number of anilines is 2. The Labute approximate surface area is 171 Å². The van der Waals surface area contributed by atoms with E-state index in [2.05, 4.69) is 16.0 Å². The van der Waals surface area contributed by atoms with Gasteiger partial charge in [0.1, 0.15) is 11.6 Å².